The highest BCUT2D eigenvalue weighted by Gasteiger charge is 2.41. The molecule has 30 heavy (non-hydrogen) atoms. The number of carbonyl (C=O) groups is 1. The fourth-order valence-electron chi connectivity index (χ4n) is 4.15. The molecule has 1 atom stereocenters. The summed E-state index contributed by atoms with van der Waals surface area (Å²) in [5.41, 5.74) is 5.08. The molecule has 1 unspecified atom stereocenters. The van der Waals surface area contributed by atoms with Crippen molar-refractivity contribution in [3.63, 3.8) is 0 Å². The summed E-state index contributed by atoms with van der Waals surface area (Å²) in [6.07, 6.45) is 0. The number of phenols is 1. The number of hydrogen-bond acceptors (Lipinski definition) is 3. The van der Waals surface area contributed by atoms with Gasteiger partial charge in [-0.05, 0) is 34.3 Å². The van der Waals surface area contributed by atoms with Crippen molar-refractivity contribution in [1.82, 2.24) is 0 Å². The SMILES string of the molecule is Cc1cc(C2C(=O)Oc3c2cc(C(C)(C)C)cc3C(C)(C)C)c(O)c(C(C)(C)C)c1. The molecule has 0 aliphatic carbocycles. The van der Waals surface area contributed by atoms with E-state index in [0.717, 1.165) is 27.8 Å². The lowest BCUT2D eigenvalue weighted by Gasteiger charge is -2.27. The van der Waals surface area contributed by atoms with Gasteiger partial charge in [-0.3, -0.25) is 4.79 Å². The van der Waals surface area contributed by atoms with Crippen molar-refractivity contribution in [2.45, 2.75) is 91.4 Å². The Morgan fingerprint density at radius 2 is 1.33 bits per heavy atom. The summed E-state index contributed by atoms with van der Waals surface area (Å²) < 4.78 is 5.87. The van der Waals surface area contributed by atoms with E-state index in [1.165, 1.54) is 0 Å². The quantitative estimate of drug-likeness (QED) is 0.425. The summed E-state index contributed by atoms with van der Waals surface area (Å²) in [6.45, 7) is 21.2. The van der Waals surface area contributed by atoms with Crippen LogP contribution in [0.3, 0.4) is 0 Å². The van der Waals surface area contributed by atoms with Gasteiger partial charge in [0.15, 0.2) is 0 Å². The number of hydrogen-bond donors (Lipinski definition) is 1. The first-order chi connectivity index (χ1) is 13.5. The molecule has 2 aromatic carbocycles. The van der Waals surface area contributed by atoms with Gasteiger partial charge in [0.2, 0.25) is 0 Å². The average molecular weight is 409 g/mol. The zero-order chi connectivity index (χ0) is 22.8. The number of rotatable bonds is 1. The third-order valence-electron chi connectivity index (χ3n) is 5.94. The molecule has 0 fully saturated rings. The lowest BCUT2D eigenvalue weighted by molar-refractivity contribution is -0.133. The van der Waals surface area contributed by atoms with E-state index >= 15 is 0 Å². The molecule has 162 valence electrons. The van der Waals surface area contributed by atoms with Gasteiger partial charge in [0.25, 0.3) is 0 Å². The first-order valence-corrected chi connectivity index (χ1v) is 10.8. The smallest absolute Gasteiger partial charge is 0.323 e. The number of esters is 1. The van der Waals surface area contributed by atoms with Crippen molar-refractivity contribution in [3.8, 4) is 11.5 Å². The Hall–Kier alpha value is -2.29. The standard InChI is InChI=1S/C27H36O3/c1-15-11-17(22(28)19(12-15)26(5,6)7)21-18-13-16(25(2,3)4)14-20(27(8,9)10)23(18)30-24(21)29/h11-14,21,28H,1-10H3. The first-order valence-electron chi connectivity index (χ1n) is 10.8. The lowest BCUT2D eigenvalue weighted by Crippen LogP contribution is -2.17. The summed E-state index contributed by atoms with van der Waals surface area (Å²) >= 11 is 0. The molecule has 0 saturated carbocycles. The normalized spacial score (nSPS) is 17.1. The zero-order valence-corrected chi connectivity index (χ0v) is 20.2. The van der Waals surface area contributed by atoms with E-state index in [4.69, 9.17) is 4.74 Å². The fraction of sp³-hybridized carbons (Fsp3) is 0.519. The Balaban J connectivity index is 2.34. The van der Waals surface area contributed by atoms with Crippen LogP contribution in [0.4, 0.5) is 0 Å². The number of phenolic OH excluding ortho intramolecular Hbond substituents is 1. The van der Waals surface area contributed by atoms with Crippen molar-refractivity contribution in [2.75, 3.05) is 0 Å². The molecule has 0 aromatic heterocycles. The molecule has 1 N–H and O–H groups in total. The summed E-state index contributed by atoms with van der Waals surface area (Å²) in [5, 5.41) is 11.2. The zero-order valence-electron chi connectivity index (χ0n) is 20.2. The summed E-state index contributed by atoms with van der Waals surface area (Å²) in [5.74, 6) is -0.0863. The van der Waals surface area contributed by atoms with Crippen LogP contribution in [-0.2, 0) is 21.0 Å². The van der Waals surface area contributed by atoms with Crippen molar-refractivity contribution in [1.29, 1.82) is 0 Å². The highest BCUT2D eigenvalue weighted by atomic mass is 16.5. The second-order valence-electron chi connectivity index (χ2n) is 11.8. The van der Waals surface area contributed by atoms with Crippen molar-refractivity contribution < 1.29 is 14.6 Å². The highest BCUT2D eigenvalue weighted by Crippen LogP contribution is 2.50. The highest BCUT2D eigenvalue weighted by molar-refractivity contribution is 5.91. The molecule has 0 saturated heterocycles. The Bertz CT molecular complexity index is 1010. The van der Waals surface area contributed by atoms with Crippen LogP contribution in [0.25, 0.3) is 0 Å². The minimum absolute atomic E-state index is 0.0730. The second-order valence-corrected chi connectivity index (χ2v) is 11.8. The molecule has 1 heterocycles. The molecule has 0 spiro atoms. The Morgan fingerprint density at radius 1 is 0.767 bits per heavy atom. The van der Waals surface area contributed by atoms with E-state index < -0.39 is 5.92 Å². The summed E-state index contributed by atoms with van der Waals surface area (Å²) in [7, 11) is 0. The maximum absolute atomic E-state index is 13.2. The molecule has 2 aromatic rings. The topological polar surface area (TPSA) is 46.5 Å². The molecule has 0 bridgehead atoms. The maximum Gasteiger partial charge on any atom is 0.323 e. The average Bonchev–Trinajstić information content (AvgIpc) is 2.88. The number of aryl methyl sites for hydroxylation is 1. The van der Waals surface area contributed by atoms with E-state index in [1.54, 1.807) is 0 Å². The Morgan fingerprint density at radius 3 is 1.83 bits per heavy atom. The first kappa shape index (κ1) is 22.4. The predicted octanol–water partition coefficient (Wildman–Crippen LogP) is 6.64. The Kier molecular flexibility index (Phi) is 5.13. The van der Waals surface area contributed by atoms with Gasteiger partial charge in [-0.15, -0.1) is 0 Å². The maximum atomic E-state index is 13.2. The van der Waals surface area contributed by atoms with Crippen LogP contribution in [0.1, 0.15) is 102 Å². The molecular formula is C27H36O3. The predicted molar refractivity (Wildman–Crippen MR) is 123 cm³/mol. The van der Waals surface area contributed by atoms with E-state index in [9.17, 15) is 9.90 Å². The van der Waals surface area contributed by atoms with E-state index in [2.05, 4.69) is 74.4 Å². The van der Waals surface area contributed by atoms with E-state index in [-0.39, 0.29) is 28.0 Å². The van der Waals surface area contributed by atoms with Crippen molar-refractivity contribution >= 4 is 5.97 Å². The largest absolute Gasteiger partial charge is 0.507 e. The van der Waals surface area contributed by atoms with Gasteiger partial charge in [-0.2, -0.15) is 0 Å². The molecule has 1 aliphatic heterocycles. The number of fused-ring (bicyclic) bond motifs is 1. The number of benzene rings is 2. The van der Waals surface area contributed by atoms with Crippen molar-refractivity contribution in [2.24, 2.45) is 0 Å². The third-order valence-corrected chi connectivity index (χ3v) is 5.94. The number of aromatic hydroxyl groups is 1. The lowest BCUT2D eigenvalue weighted by atomic mass is 9.76. The number of ether oxygens (including phenoxy) is 1. The van der Waals surface area contributed by atoms with Crippen LogP contribution in [0.5, 0.6) is 11.5 Å². The van der Waals surface area contributed by atoms with E-state index in [1.807, 2.05) is 19.1 Å². The third kappa shape index (κ3) is 3.87. The van der Waals surface area contributed by atoms with Gasteiger partial charge in [-0.25, -0.2) is 0 Å². The number of carbonyl (C=O) groups excluding carboxylic acids is 1. The van der Waals surface area contributed by atoms with Gasteiger partial charge in [-0.1, -0.05) is 92.1 Å². The molecule has 0 radical (unpaired) electrons. The van der Waals surface area contributed by atoms with Crippen molar-refractivity contribution in [3.05, 3.63) is 57.6 Å². The van der Waals surface area contributed by atoms with E-state index in [0.29, 0.717) is 11.3 Å². The van der Waals surface area contributed by atoms with Crippen LogP contribution in [0.2, 0.25) is 0 Å². The molecule has 3 nitrogen and oxygen atoms in total. The van der Waals surface area contributed by atoms with Gasteiger partial charge in [0.1, 0.15) is 17.4 Å². The van der Waals surface area contributed by atoms with Gasteiger partial charge in [0.05, 0.1) is 0 Å². The van der Waals surface area contributed by atoms with Gasteiger partial charge in [0, 0.05) is 16.7 Å². The summed E-state index contributed by atoms with van der Waals surface area (Å²) in [6, 6.07) is 8.20. The van der Waals surface area contributed by atoms with Crippen LogP contribution >= 0.6 is 0 Å². The summed E-state index contributed by atoms with van der Waals surface area (Å²) in [4.78, 5) is 13.2. The molecule has 3 heteroatoms. The van der Waals surface area contributed by atoms with Crippen LogP contribution in [-0.4, -0.2) is 11.1 Å². The fourth-order valence-corrected chi connectivity index (χ4v) is 4.15. The second kappa shape index (κ2) is 6.87. The molecule has 3 rings (SSSR count). The van der Waals surface area contributed by atoms with Gasteiger partial charge < -0.3 is 9.84 Å². The van der Waals surface area contributed by atoms with Crippen LogP contribution in [0, 0.1) is 6.92 Å². The minimum atomic E-state index is -0.621. The molecular weight excluding hydrogens is 372 g/mol. The van der Waals surface area contributed by atoms with Crippen LogP contribution < -0.4 is 4.74 Å². The minimum Gasteiger partial charge on any atom is -0.507 e. The monoisotopic (exact) mass is 408 g/mol. The Labute approximate surface area is 181 Å². The van der Waals surface area contributed by atoms with Crippen LogP contribution in [0.15, 0.2) is 24.3 Å². The van der Waals surface area contributed by atoms with Gasteiger partial charge >= 0.3 is 5.97 Å². The molecule has 1 aliphatic rings. The molecule has 0 amide bonds.